The molecule has 0 saturated heterocycles. The first-order chi connectivity index (χ1) is 5.26. The fraction of sp³-hybridized carbons (Fsp3) is 0.625. The van der Waals surface area contributed by atoms with Crippen molar-refractivity contribution in [3.8, 4) is 0 Å². The lowest BCUT2D eigenvalue weighted by atomic mass is 10.1. The van der Waals surface area contributed by atoms with Crippen molar-refractivity contribution in [1.82, 2.24) is 0 Å². The molecule has 0 rings (SSSR count). The third-order valence-corrected chi connectivity index (χ3v) is 1.93. The number of esters is 1. The van der Waals surface area contributed by atoms with E-state index in [9.17, 15) is 4.79 Å². The molecule has 0 heterocycles. The molecule has 0 amide bonds. The maximum absolute atomic E-state index is 10.9. The summed E-state index contributed by atoms with van der Waals surface area (Å²) in [4.78, 5) is 12.6. The van der Waals surface area contributed by atoms with E-state index in [4.69, 9.17) is 0 Å². The van der Waals surface area contributed by atoms with Gasteiger partial charge in [0, 0.05) is 5.57 Å². The van der Waals surface area contributed by atoms with Gasteiger partial charge in [0.05, 0.1) is 7.11 Å². The monoisotopic (exact) mass is 220 g/mol. The minimum Gasteiger partial charge on any atom is -0.466 e. The van der Waals surface area contributed by atoms with Gasteiger partial charge in [-0.05, 0) is 17.8 Å². The summed E-state index contributed by atoms with van der Waals surface area (Å²) in [6.45, 7) is 2.09. The van der Waals surface area contributed by atoms with Crippen LogP contribution in [0.2, 0.25) is 0 Å². The van der Waals surface area contributed by atoms with Crippen LogP contribution in [0.1, 0.15) is 26.2 Å². The van der Waals surface area contributed by atoms with Crippen LogP contribution in [0.5, 0.6) is 0 Å². The molecule has 0 unspecified atom stereocenters. The maximum Gasteiger partial charge on any atom is 0.334 e. The Hall–Kier alpha value is -0.310. The summed E-state index contributed by atoms with van der Waals surface area (Å²) >= 11 is 3.12. The van der Waals surface area contributed by atoms with Crippen molar-refractivity contribution in [2.75, 3.05) is 7.11 Å². The molecule has 0 aliphatic carbocycles. The molecular formula is C8H13BrO2. The lowest BCUT2D eigenvalue weighted by Crippen LogP contribution is -2.03. The second kappa shape index (κ2) is 6.40. The zero-order chi connectivity index (χ0) is 8.69. The summed E-state index contributed by atoms with van der Waals surface area (Å²) in [5, 5.41) is 0. The van der Waals surface area contributed by atoms with Crippen LogP contribution in [0.4, 0.5) is 0 Å². The van der Waals surface area contributed by atoms with E-state index in [1.54, 1.807) is 4.99 Å². The van der Waals surface area contributed by atoms with E-state index < -0.39 is 0 Å². The van der Waals surface area contributed by atoms with Crippen molar-refractivity contribution in [1.29, 1.82) is 0 Å². The number of ether oxygens (including phenoxy) is 1. The van der Waals surface area contributed by atoms with Crippen molar-refractivity contribution in [2.24, 2.45) is 0 Å². The van der Waals surface area contributed by atoms with E-state index in [-0.39, 0.29) is 5.97 Å². The number of halogens is 1. The van der Waals surface area contributed by atoms with Crippen LogP contribution in [0.15, 0.2) is 10.6 Å². The standard InChI is InChI=1S/C8H13BrO2/c1-3-4-5-7(6-9)8(10)11-2/h6H,3-5H2,1-2H3/b7-6+. The summed E-state index contributed by atoms with van der Waals surface area (Å²) in [6.07, 6.45) is 2.89. The van der Waals surface area contributed by atoms with Crippen LogP contribution in [0.3, 0.4) is 0 Å². The molecule has 3 heteroatoms. The highest BCUT2D eigenvalue weighted by Crippen LogP contribution is 2.10. The van der Waals surface area contributed by atoms with E-state index >= 15 is 0 Å². The Morgan fingerprint density at radius 3 is 2.64 bits per heavy atom. The average Bonchev–Trinajstić information content (AvgIpc) is 2.05. The molecule has 0 aliphatic heterocycles. The number of hydrogen-bond acceptors (Lipinski definition) is 2. The van der Waals surface area contributed by atoms with Gasteiger partial charge in [0.25, 0.3) is 0 Å². The lowest BCUT2D eigenvalue weighted by Gasteiger charge is -2.01. The zero-order valence-corrected chi connectivity index (χ0v) is 8.48. The van der Waals surface area contributed by atoms with Gasteiger partial charge >= 0.3 is 5.97 Å². The summed E-state index contributed by atoms with van der Waals surface area (Å²) in [6, 6.07) is 0. The van der Waals surface area contributed by atoms with Gasteiger partial charge in [-0.25, -0.2) is 4.79 Å². The fourth-order valence-electron chi connectivity index (χ4n) is 0.699. The quantitative estimate of drug-likeness (QED) is 0.538. The molecule has 0 bridgehead atoms. The maximum atomic E-state index is 10.9. The summed E-state index contributed by atoms with van der Waals surface area (Å²) in [7, 11) is 1.39. The first kappa shape index (κ1) is 10.7. The number of rotatable bonds is 4. The molecular weight excluding hydrogens is 208 g/mol. The molecule has 0 atom stereocenters. The van der Waals surface area contributed by atoms with Crippen molar-refractivity contribution < 1.29 is 9.53 Å². The number of hydrogen-bond donors (Lipinski definition) is 0. The molecule has 0 radical (unpaired) electrons. The van der Waals surface area contributed by atoms with Gasteiger partial charge in [0.1, 0.15) is 0 Å². The Labute approximate surface area is 75.7 Å². The molecule has 0 fully saturated rings. The van der Waals surface area contributed by atoms with Gasteiger partial charge in [-0.3, -0.25) is 0 Å². The predicted octanol–water partition coefficient (Wildman–Crippen LogP) is 2.63. The Morgan fingerprint density at radius 2 is 2.27 bits per heavy atom. The largest absolute Gasteiger partial charge is 0.466 e. The fourth-order valence-corrected chi connectivity index (χ4v) is 1.12. The van der Waals surface area contributed by atoms with Crippen LogP contribution in [0, 0.1) is 0 Å². The average molecular weight is 221 g/mol. The van der Waals surface area contributed by atoms with Crippen LogP contribution in [-0.2, 0) is 9.53 Å². The molecule has 0 aromatic heterocycles. The van der Waals surface area contributed by atoms with Crippen molar-refractivity contribution in [3.05, 3.63) is 10.6 Å². The Kier molecular flexibility index (Phi) is 6.22. The zero-order valence-electron chi connectivity index (χ0n) is 6.89. The second-order valence-corrected chi connectivity index (χ2v) is 2.69. The lowest BCUT2D eigenvalue weighted by molar-refractivity contribution is -0.136. The van der Waals surface area contributed by atoms with Crippen molar-refractivity contribution in [2.45, 2.75) is 26.2 Å². The van der Waals surface area contributed by atoms with E-state index in [0.717, 1.165) is 19.3 Å². The molecule has 0 aliphatic rings. The van der Waals surface area contributed by atoms with Gasteiger partial charge in [-0.1, -0.05) is 29.3 Å². The summed E-state index contributed by atoms with van der Waals surface area (Å²) in [5.74, 6) is -0.240. The summed E-state index contributed by atoms with van der Waals surface area (Å²) in [5.41, 5.74) is 0.703. The molecule has 0 aromatic carbocycles. The third-order valence-electron chi connectivity index (χ3n) is 1.38. The number of carbonyl (C=O) groups excluding carboxylic acids is 1. The van der Waals surface area contributed by atoms with Crippen LogP contribution in [-0.4, -0.2) is 13.1 Å². The van der Waals surface area contributed by atoms with Crippen molar-refractivity contribution in [3.63, 3.8) is 0 Å². The molecule has 0 saturated carbocycles. The molecule has 0 aromatic rings. The second-order valence-electron chi connectivity index (χ2n) is 2.23. The van der Waals surface area contributed by atoms with E-state index in [1.807, 2.05) is 0 Å². The predicted molar refractivity (Wildman–Crippen MR) is 48.6 cm³/mol. The highest BCUT2D eigenvalue weighted by atomic mass is 79.9. The van der Waals surface area contributed by atoms with Gasteiger partial charge < -0.3 is 4.74 Å². The number of unbranched alkanes of at least 4 members (excludes halogenated alkanes) is 1. The van der Waals surface area contributed by atoms with Crippen LogP contribution < -0.4 is 0 Å². The van der Waals surface area contributed by atoms with E-state index in [0.29, 0.717) is 5.57 Å². The highest BCUT2D eigenvalue weighted by molar-refractivity contribution is 9.11. The summed E-state index contributed by atoms with van der Waals surface area (Å²) < 4.78 is 4.56. The van der Waals surface area contributed by atoms with E-state index in [2.05, 4.69) is 27.6 Å². The molecule has 0 N–H and O–H groups in total. The van der Waals surface area contributed by atoms with Gasteiger partial charge in [-0.15, -0.1) is 0 Å². The molecule has 2 nitrogen and oxygen atoms in total. The van der Waals surface area contributed by atoms with Crippen LogP contribution >= 0.6 is 15.9 Å². The number of carbonyl (C=O) groups is 1. The Balaban J connectivity index is 3.87. The van der Waals surface area contributed by atoms with E-state index in [1.165, 1.54) is 7.11 Å². The van der Waals surface area contributed by atoms with Gasteiger partial charge in [0.15, 0.2) is 0 Å². The normalized spacial score (nSPS) is 11.4. The molecule has 11 heavy (non-hydrogen) atoms. The van der Waals surface area contributed by atoms with Gasteiger partial charge in [-0.2, -0.15) is 0 Å². The third kappa shape index (κ3) is 4.19. The smallest absolute Gasteiger partial charge is 0.334 e. The highest BCUT2D eigenvalue weighted by Gasteiger charge is 2.06. The Bertz CT molecular complexity index is 152. The topological polar surface area (TPSA) is 26.3 Å². The first-order valence-corrected chi connectivity index (χ1v) is 4.55. The van der Waals surface area contributed by atoms with Gasteiger partial charge in [0.2, 0.25) is 0 Å². The van der Waals surface area contributed by atoms with Crippen LogP contribution in [0.25, 0.3) is 0 Å². The SMILES string of the molecule is CCCC/C(=C\Br)C(=O)OC. The minimum atomic E-state index is -0.240. The first-order valence-electron chi connectivity index (χ1n) is 3.63. The Morgan fingerprint density at radius 1 is 1.64 bits per heavy atom. The number of methoxy groups -OCH3 is 1. The molecule has 0 spiro atoms. The van der Waals surface area contributed by atoms with Crippen molar-refractivity contribution >= 4 is 21.9 Å². The minimum absolute atomic E-state index is 0.240. The molecule has 64 valence electrons.